The van der Waals surface area contributed by atoms with E-state index in [-0.39, 0.29) is 0 Å². The number of carbonyl (C=O) groups is 1. The van der Waals surface area contributed by atoms with Gasteiger partial charge in [0.2, 0.25) is 5.24 Å². The quantitative estimate of drug-likeness (QED) is 0.140. The number of rotatable bonds is 14. The van der Waals surface area contributed by atoms with E-state index in [0.717, 1.165) is 0 Å². The third-order valence-corrected chi connectivity index (χ3v) is 3.46. The molecule has 0 saturated heterocycles. The van der Waals surface area contributed by atoms with Crippen molar-refractivity contribution in [1.82, 2.24) is 0 Å². The Morgan fingerprint density at radius 2 is 1.12 bits per heavy atom. The summed E-state index contributed by atoms with van der Waals surface area (Å²) < 4.78 is 0. The van der Waals surface area contributed by atoms with Crippen LogP contribution in [0.1, 0.15) is 58.3 Å². The van der Waals surface area contributed by atoms with E-state index in [1.165, 1.54) is 57.4 Å². The van der Waals surface area contributed by atoms with E-state index in [1.54, 1.807) is 12.2 Å². The molecule has 0 bridgehead atoms. The molecular weight excluding hydrogens is 316 g/mol. The van der Waals surface area contributed by atoms with Crippen LogP contribution in [-0.2, 0) is 4.79 Å². The first-order valence-corrected chi connectivity index (χ1v) is 9.34. The van der Waals surface area contributed by atoms with Crippen LogP contribution < -0.4 is 0 Å². The van der Waals surface area contributed by atoms with Crippen molar-refractivity contribution in [2.45, 2.75) is 58.3 Å². The fraction of sp³-hybridized carbons (Fsp3) is 0.409. The zero-order chi connectivity index (χ0) is 17.7. The molecule has 0 aromatic heterocycles. The Balaban J connectivity index is 3.57. The van der Waals surface area contributed by atoms with Crippen molar-refractivity contribution in [3.63, 3.8) is 0 Å². The van der Waals surface area contributed by atoms with E-state index in [4.69, 9.17) is 11.6 Å². The number of hydrogen-bond acceptors (Lipinski definition) is 1. The van der Waals surface area contributed by atoms with E-state index in [0.29, 0.717) is 0 Å². The maximum absolute atomic E-state index is 10.4. The lowest BCUT2D eigenvalue weighted by atomic mass is 10.1. The minimum Gasteiger partial charge on any atom is -0.276 e. The molecule has 0 saturated carbocycles. The molecule has 0 aliphatic heterocycles. The summed E-state index contributed by atoms with van der Waals surface area (Å²) >= 11 is 5.16. The first-order valence-electron chi connectivity index (χ1n) is 8.96. The molecule has 132 valence electrons. The van der Waals surface area contributed by atoms with E-state index >= 15 is 0 Å². The smallest absolute Gasteiger partial charge is 0.245 e. The van der Waals surface area contributed by atoms with Gasteiger partial charge in [0.05, 0.1) is 0 Å². The average Bonchev–Trinajstić information content (AvgIpc) is 2.56. The van der Waals surface area contributed by atoms with Crippen molar-refractivity contribution in [1.29, 1.82) is 0 Å². The number of allylic oxidation sites excluding steroid dienone is 12. The molecule has 0 aromatic carbocycles. The topological polar surface area (TPSA) is 17.1 Å². The summed E-state index contributed by atoms with van der Waals surface area (Å²) in [4.78, 5) is 10.4. The zero-order valence-electron chi connectivity index (χ0n) is 14.9. The maximum Gasteiger partial charge on any atom is 0.245 e. The van der Waals surface area contributed by atoms with Crippen LogP contribution in [0.4, 0.5) is 0 Å². The van der Waals surface area contributed by atoms with Crippen LogP contribution in [0.25, 0.3) is 0 Å². The molecule has 0 N–H and O–H groups in total. The van der Waals surface area contributed by atoms with E-state index in [2.05, 4.69) is 25.2 Å². The van der Waals surface area contributed by atoms with Gasteiger partial charge >= 0.3 is 0 Å². The highest BCUT2D eigenvalue weighted by Gasteiger charge is 1.88. The Morgan fingerprint density at radius 3 is 1.67 bits per heavy atom. The van der Waals surface area contributed by atoms with Gasteiger partial charge in [0.1, 0.15) is 0 Å². The third-order valence-electron chi connectivity index (χ3n) is 3.34. The Bertz CT molecular complexity index is 464. The van der Waals surface area contributed by atoms with Gasteiger partial charge < -0.3 is 0 Å². The lowest BCUT2D eigenvalue weighted by Gasteiger charge is -1.98. The lowest BCUT2D eigenvalue weighted by molar-refractivity contribution is -0.107. The fourth-order valence-electron chi connectivity index (χ4n) is 2.04. The van der Waals surface area contributed by atoms with Gasteiger partial charge in [-0.1, -0.05) is 112 Å². The Kier molecular flexibility index (Phi) is 18.2. The molecule has 0 fully saturated rings. The van der Waals surface area contributed by atoms with Crippen LogP contribution in [0.2, 0.25) is 0 Å². The summed E-state index contributed by atoms with van der Waals surface area (Å²) in [6, 6.07) is 0. The maximum atomic E-state index is 10.4. The monoisotopic (exact) mass is 346 g/mol. The molecule has 0 aliphatic carbocycles. The summed E-state index contributed by atoms with van der Waals surface area (Å²) in [5, 5.41) is -0.464. The number of carbonyl (C=O) groups excluding carboxylic acids is 1. The predicted octanol–water partition coefficient (Wildman–Crippen LogP) is 7.23. The number of hydrogen-bond donors (Lipinski definition) is 0. The highest BCUT2D eigenvalue weighted by Crippen LogP contribution is 2.08. The van der Waals surface area contributed by atoms with Crippen LogP contribution in [0.15, 0.2) is 72.9 Å². The second kappa shape index (κ2) is 19.4. The summed E-state index contributed by atoms with van der Waals surface area (Å²) in [5.41, 5.74) is 0. The molecule has 0 aliphatic rings. The van der Waals surface area contributed by atoms with Gasteiger partial charge in [-0.3, -0.25) is 4.79 Å². The van der Waals surface area contributed by atoms with Crippen molar-refractivity contribution in [3.8, 4) is 0 Å². The molecule has 0 amide bonds. The fourth-order valence-corrected chi connectivity index (χ4v) is 2.11. The Morgan fingerprint density at radius 1 is 0.667 bits per heavy atom. The van der Waals surface area contributed by atoms with Crippen LogP contribution in [0.3, 0.4) is 0 Å². The largest absolute Gasteiger partial charge is 0.276 e. The van der Waals surface area contributed by atoms with Gasteiger partial charge in [0.25, 0.3) is 0 Å². The summed E-state index contributed by atoms with van der Waals surface area (Å²) in [5.74, 6) is 0. The van der Waals surface area contributed by atoms with Crippen molar-refractivity contribution in [2.75, 3.05) is 0 Å². The molecule has 0 rings (SSSR count). The van der Waals surface area contributed by atoms with Gasteiger partial charge in [-0.05, 0) is 30.5 Å². The summed E-state index contributed by atoms with van der Waals surface area (Å²) in [6.45, 7) is 2.26. The molecule has 0 atom stereocenters. The molecular formula is C22H31ClO. The summed E-state index contributed by atoms with van der Waals surface area (Å²) in [7, 11) is 0. The van der Waals surface area contributed by atoms with Crippen molar-refractivity contribution in [3.05, 3.63) is 72.9 Å². The van der Waals surface area contributed by atoms with Crippen LogP contribution in [0.5, 0.6) is 0 Å². The van der Waals surface area contributed by atoms with Gasteiger partial charge in [0, 0.05) is 0 Å². The molecule has 1 nitrogen and oxygen atoms in total. The van der Waals surface area contributed by atoms with Gasteiger partial charge in [-0.25, -0.2) is 0 Å². The van der Waals surface area contributed by atoms with E-state index in [1.807, 2.05) is 36.5 Å². The minimum absolute atomic E-state index is 0.464. The molecule has 2 heteroatoms. The Labute approximate surface area is 153 Å². The molecule has 24 heavy (non-hydrogen) atoms. The summed E-state index contributed by atoms with van der Waals surface area (Å²) in [6.07, 6.45) is 33.4. The normalized spacial score (nSPS) is 13.1. The third kappa shape index (κ3) is 20.4. The molecule has 0 radical (unpaired) electrons. The van der Waals surface area contributed by atoms with Crippen molar-refractivity contribution < 1.29 is 4.79 Å². The standard InChI is InChI=1S/C22H31ClO/c1-2-3-4-5-6-7-8-9-10-11-12-13-14-15-16-17-18-19-20-21-22(23)24/h10-21H,2-9H2,1H3. The van der Waals surface area contributed by atoms with Crippen molar-refractivity contribution >= 4 is 16.8 Å². The Hall–Kier alpha value is -1.60. The average molecular weight is 347 g/mol. The van der Waals surface area contributed by atoms with Crippen LogP contribution in [-0.4, -0.2) is 5.24 Å². The van der Waals surface area contributed by atoms with E-state index < -0.39 is 5.24 Å². The van der Waals surface area contributed by atoms with Gasteiger partial charge in [0.15, 0.2) is 0 Å². The first-order chi connectivity index (χ1) is 11.8. The van der Waals surface area contributed by atoms with Gasteiger partial charge in [-0.2, -0.15) is 0 Å². The lowest BCUT2D eigenvalue weighted by Crippen LogP contribution is -1.78. The number of halogens is 1. The molecule has 0 spiro atoms. The molecule has 0 heterocycles. The van der Waals surface area contributed by atoms with Crippen LogP contribution >= 0.6 is 11.6 Å². The second-order valence-corrected chi connectivity index (χ2v) is 5.91. The molecule has 0 unspecified atom stereocenters. The highest BCUT2D eigenvalue weighted by atomic mass is 35.5. The molecule has 0 aromatic rings. The van der Waals surface area contributed by atoms with E-state index in [9.17, 15) is 4.79 Å². The van der Waals surface area contributed by atoms with Crippen LogP contribution in [0, 0.1) is 0 Å². The first kappa shape index (κ1) is 22.4. The minimum atomic E-state index is -0.464. The second-order valence-electron chi connectivity index (χ2n) is 5.54. The highest BCUT2D eigenvalue weighted by molar-refractivity contribution is 6.66. The van der Waals surface area contributed by atoms with Crippen molar-refractivity contribution in [2.24, 2.45) is 0 Å². The zero-order valence-corrected chi connectivity index (χ0v) is 15.6. The SMILES string of the molecule is CCCCCCCCCC=CC=CC=CC=CC=CC=CC(=O)Cl. The number of unbranched alkanes of at least 4 members (excludes halogenated alkanes) is 7. The predicted molar refractivity (Wildman–Crippen MR) is 108 cm³/mol. The van der Waals surface area contributed by atoms with Gasteiger partial charge in [-0.15, -0.1) is 0 Å².